The molecule has 0 radical (unpaired) electrons. The molecule has 11 heterocycles. The van der Waals surface area contributed by atoms with Crippen LogP contribution in [0.5, 0.6) is 23.0 Å². The third-order valence-electron chi connectivity index (χ3n) is 24.4. The van der Waals surface area contributed by atoms with Gasteiger partial charge in [-0.1, -0.05) is 32.4 Å². The molecule has 0 unspecified atom stereocenters. The van der Waals surface area contributed by atoms with Crippen LogP contribution < -0.4 is 81.1 Å². The summed E-state index contributed by atoms with van der Waals surface area (Å²) in [6.07, 6.45) is 28.8. The molecule has 39 nitrogen and oxygen atoms in total. The van der Waals surface area contributed by atoms with Crippen molar-refractivity contribution in [3.05, 3.63) is 239 Å². The van der Waals surface area contributed by atoms with Crippen molar-refractivity contribution in [1.29, 1.82) is 0 Å². The molecule has 11 aromatic heterocycles. The van der Waals surface area contributed by atoms with Crippen molar-refractivity contribution in [3.8, 4) is 45.5 Å². The fourth-order valence-corrected chi connectivity index (χ4v) is 16.2. The molecule has 4 aromatic carbocycles. The molecule has 2 aliphatic rings. The molecule has 4 amide bonds. The Balaban J connectivity index is 0.000000153. The molecular formula is C106H129N31O8. The number of aryl methyl sites for hydroxylation is 1. The van der Waals surface area contributed by atoms with Gasteiger partial charge in [0.1, 0.15) is 28.6 Å². The van der Waals surface area contributed by atoms with E-state index in [1.807, 2.05) is 230 Å². The first-order chi connectivity index (χ1) is 69.9. The first kappa shape index (κ1) is 104. The molecule has 0 atom stereocenters. The maximum absolute atomic E-state index is 12.3. The Bertz CT molecular complexity index is 7190. The Morgan fingerprint density at radius 2 is 0.738 bits per heavy atom. The highest BCUT2D eigenvalue weighted by atomic mass is 16.5. The molecule has 39 heteroatoms. The monoisotopic (exact) mass is 1960 g/mol. The second-order valence-corrected chi connectivity index (χ2v) is 36.1. The van der Waals surface area contributed by atoms with Crippen LogP contribution in [0.3, 0.4) is 0 Å². The number of rotatable bonds is 40. The molecule has 756 valence electrons. The van der Waals surface area contributed by atoms with Gasteiger partial charge in [0, 0.05) is 165 Å². The Hall–Kier alpha value is -16.8. The van der Waals surface area contributed by atoms with E-state index in [-0.39, 0.29) is 23.6 Å². The van der Waals surface area contributed by atoms with E-state index in [1.165, 1.54) is 61.3 Å². The molecule has 145 heavy (non-hydrogen) atoms. The van der Waals surface area contributed by atoms with Crippen molar-refractivity contribution in [3.63, 3.8) is 0 Å². The number of amides is 4. The van der Waals surface area contributed by atoms with Gasteiger partial charge in [-0.05, 0) is 222 Å². The highest BCUT2D eigenvalue weighted by Gasteiger charge is 2.29. The van der Waals surface area contributed by atoms with Crippen LogP contribution >= 0.6 is 0 Å². The number of fused-ring (bicyclic) bond motifs is 5. The zero-order chi connectivity index (χ0) is 103. The number of pyridine rings is 2. The van der Waals surface area contributed by atoms with E-state index in [0.29, 0.717) is 98.2 Å². The van der Waals surface area contributed by atoms with Crippen LogP contribution in [0.4, 0.5) is 92.0 Å². The number of ether oxygens (including phenoxy) is 4. The standard InChI is InChI=1S/C29H33N9O2.C27H35N7O2.C26H30N8O2.C24H31N7O2/c1-7-27(39)32-22-15-23(26(40-6)16-25(22)36(4)13-12-35(2)3)33-29-31-18-21-8-9-24(38(21)34-29)20-14-19-10-11-37(5)28(19)30-17-20;1-6-26(35)29-21-16-22(25(36-5)17-24(21)33(4)15-14-32(2)3)30-27-28-18-20-12-13-23(34(20)31-27)19-10-8-7-9-11-19;1-6-25(35)29-20-14-21(24(36-5)15-23(20)33(4)13-12-32(2)3)30-26-28-17-19-9-10-22(34(19)31-26)18-8-7-11-27-16-18;1-6-23(32)26-18-13-19(22(33-5)14-21(18)30(4)12-11-29(2)3)27-24-25-15-17-9-10-20(16-7-8-16)31(17)28-24/h7-11,14-18H,1,12-13H2,2-6H3,(H,32,39)(H,33,34);6,10,12-13,16-18H,1,7-9,11,14-15H2,2-5H3,(H,29,35)(H,30,31);6-11,14-17H,1,12-13H2,2-5H3,(H,29,35)(H,30,31);6,9-10,13-16H,1,7-8,11-12H2,2-5H3,(H,26,32)(H,27,28). The number of hydrogen-bond donors (Lipinski definition) is 8. The molecule has 2 aliphatic carbocycles. The maximum atomic E-state index is 12.3. The quantitative estimate of drug-likeness (QED) is 0.0165. The number of aromatic nitrogens is 15. The Labute approximate surface area is 844 Å². The predicted molar refractivity (Wildman–Crippen MR) is 581 cm³/mol. The molecule has 0 spiro atoms. The minimum atomic E-state index is -0.308. The number of carbonyl (C=O) groups is 4. The number of likely N-dealkylation sites (N-methyl/N-ethyl adjacent to an activating group) is 8. The Kier molecular flexibility index (Phi) is 34.5. The second kappa shape index (κ2) is 48.1. The van der Waals surface area contributed by atoms with Gasteiger partial charge < -0.3 is 105 Å². The van der Waals surface area contributed by atoms with Crippen LogP contribution in [0.25, 0.3) is 61.2 Å². The van der Waals surface area contributed by atoms with Crippen molar-refractivity contribution >= 4 is 154 Å². The second-order valence-electron chi connectivity index (χ2n) is 36.1. The van der Waals surface area contributed by atoms with Gasteiger partial charge in [0.25, 0.3) is 0 Å². The summed E-state index contributed by atoms with van der Waals surface area (Å²) in [5.41, 5.74) is 20.1. The van der Waals surface area contributed by atoms with E-state index in [0.717, 1.165) is 149 Å². The molecule has 17 rings (SSSR count). The number of hydrogen-bond acceptors (Lipinski definition) is 30. The summed E-state index contributed by atoms with van der Waals surface area (Å²) < 4.78 is 32.3. The number of carbonyl (C=O) groups excluding carboxylic acids is 4. The summed E-state index contributed by atoms with van der Waals surface area (Å²) in [5, 5.41) is 44.7. The van der Waals surface area contributed by atoms with E-state index in [2.05, 4.69) is 167 Å². The van der Waals surface area contributed by atoms with E-state index in [1.54, 1.807) is 65.6 Å². The minimum Gasteiger partial charge on any atom is -0.494 e. The minimum absolute atomic E-state index is 0.285. The summed E-state index contributed by atoms with van der Waals surface area (Å²) in [4.78, 5) is 92.3. The van der Waals surface area contributed by atoms with Crippen LogP contribution in [-0.2, 0) is 26.2 Å². The topological polar surface area (TPSA) is 379 Å². The lowest BCUT2D eigenvalue weighted by molar-refractivity contribution is -0.112. The summed E-state index contributed by atoms with van der Waals surface area (Å²) >= 11 is 0. The molecular weight excluding hydrogens is 1840 g/mol. The fourth-order valence-electron chi connectivity index (χ4n) is 16.2. The van der Waals surface area contributed by atoms with E-state index < -0.39 is 0 Å². The number of anilines is 16. The first-order valence-corrected chi connectivity index (χ1v) is 47.5. The normalized spacial score (nSPS) is 12.2. The number of nitrogens with one attached hydrogen (secondary N) is 8. The van der Waals surface area contributed by atoms with Crippen molar-refractivity contribution < 1.29 is 38.1 Å². The lowest BCUT2D eigenvalue weighted by Gasteiger charge is -2.26. The molecule has 8 N–H and O–H groups in total. The summed E-state index contributed by atoms with van der Waals surface area (Å²) in [6.45, 7) is 20.8. The average molecular weight is 1970 g/mol. The SMILES string of the molecule is C=CC(=O)Nc1cc(Nc2ncc3ccc(-c4cccnc4)n3n2)c(OC)cc1N(C)CCN(C)C.C=CC(=O)Nc1cc(Nc2ncc3ccc(-c4cnc5c(ccn5C)c4)n3n2)c(OC)cc1N(C)CCN(C)C.C=CC(=O)Nc1cc(Nc2ncc3ccc(C4=CCCCC4)n3n2)c(OC)cc1N(C)CCN(C)C.C=CC(=O)Nc1cc(Nc2ncc3ccc(C4CC4)n3n2)c(OC)cc1N(C)CCN(C)C. The van der Waals surface area contributed by atoms with Gasteiger partial charge in [0.05, 0.1) is 161 Å². The largest absolute Gasteiger partial charge is 0.494 e. The molecule has 1 fully saturated rings. The average Bonchev–Trinajstić information content (AvgIpc) is 1.54. The number of allylic oxidation sites excluding steroid dienone is 2. The van der Waals surface area contributed by atoms with Crippen LogP contribution in [0, 0.1) is 0 Å². The van der Waals surface area contributed by atoms with Crippen molar-refractivity contribution in [2.75, 3.05) is 228 Å². The molecule has 0 aliphatic heterocycles. The molecule has 1 saturated carbocycles. The van der Waals surface area contributed by atoms with Crippen LogP contribution in [0.2, 0.25) is 0 Å². The predicted octanol–water partition coefficient (Wildman–Crippen LogP) is 15.9. The van der Waals surface area contributed by atoms with Gasteiger partial charge in [-0.2, -0.15) is 0 Å². The van der Waals surface area contributed by atoms with Gasteiger partial charge >= 0.3 is 0 Å². The van der Waals surface area contributed by atoms with Crippen LogP contribution in [-0.4, -0.2) is 282 Å². The molecule has 15 aromatic rings. The van der Waals surface area contributed by atoms with Gasteiger partial charge in [-0.15, -0.1) is 20.4 Å². The van der Waals surface area contributed by atoms with Crippen LogP contribution in [0.15, 0.2) is 228 Å². The van der Waals surface area contributed by atoms with E-state index in [4.69, 9.17) is 34.2 Å². The smallest absolute Gasteiger partial charge is 0.247 e. The molecule has 0 saturated heterocycles. The Morgan fingerprint density at radius 3 is 1.08 bits per heavy atom. The first-order valence-electron chi connectivity index (χ1n) is 47.5. The third-order valence-corrected chi connectivity index (χ3v) is 24.4. The van der Waals surface area contributed by atoms with Crippen molar-refractivity contribution in [2.24, 2.45) is 7.05 Å². The van der Waals surface area contributed by atoms with Crippen molar-refractivity contribution in [1.82, 2.24) is 92.5 Å². The zero-order valence-corrected chi connectivity index (χ0v) is 85.4. The molecule has 0 bridgehead atoms. The van der Waals surface area contributed by atoms with E-state index >= 15 is 0 Å². The fraction of sp³-hybridized carbons (Fsp3) is 0.302. The van der Waals surface area contributed by atoms with E-state index in [9.17, 15) is 19.2 Å². The third kappa shape index (κ3) is 26.1. The van der Waals surface area contributed by atoms with Gasteiger partial charge in [0.15, 0.2) is 0 Å². The summed E-state index contributed by atoms with van der Waals surface area (Å²) in [7, 11) is 32.5. The van der Waals surface area contributed by atoms with Crippen molar-refractivity contribution in [2.45, 2.75) is 44.4 Å². The highest BCUT2D eigenvalue weighted by molar-refractivity contribution is 6.05. The number of methoxy groups -OCH3 is 4. The van der Waals surface area contributed by atoms with Gasteiger partial charge in [-0.3, -0.25) is 24.2 Å². The lowest BCUT2D eigenvalue weighted by Crippen LogP contribution is -2.29. The highest BCUT2D eigenvalue weighted by Crippen LogP contribution is 2.45. The maximum Gasteiger partial charge on any atom is 0.247 e. The number of benzene rings is 4. The van der Waals surface area contributed by atoms with Gasteiger partial charge in [0.2, 0.25) is 47.4 Å². The van der Waals surface area contributed by atoms with Crippen LogP contribution in [0.1, 0.15) is 55.8 Å². The summed E-state index contributed by atoms with van der Waals surface area (Å²) in [5.74, 6) is 3.42. The summed E-state index contributed by atoms with van der Waals surface area (Å²) in [6, 6.07) is 39.1. The lowest BCUT2D eigenvalue weighted by atomic mass is 9.97. The Morgan fingerprint density at radius 1 is 0.386 bits per heavy atom. The number of nitrogens with zero attached hydrogens (tertiary/aromatic N) is 23. The zero-order valence-electron chi connectivity index (χ0n) is 85.4. The van der Waals surface area contributed by atoms with Gasteiger partial charge in [-0.25, -0.2) is 43.0 Å².